The Balaban J connectivity index is 2.03. The number of anilines is 1. The molecule has 2 rings (SSSR count). The van der Waals surface area contributed by atoms with Crippen molar-refractivity contribution in [2.24, 2.45) is 11.7 Å². The van der Waals surface area contributed by atoms with Crippen LogP contribution in [-0.4, -0.2) is 11.9 Å². The van der Waals surface area contributed by atoms with Crippen LogP contribution in [0.25, 0.3) is 0 Å². The van der Waals surface area contributed by atoms with E-state index in [0.29, 0.717) is 15.7 Å². The summed E-state index contributed by atoms with van der Waals surface area (Å²) in [5.74, 6) is -0.0316. The van der Waals surface area contributed by atoms with Crippen molar-refractivity contribution in [1.82, 2.24) is 0 Å². The van der Waals surface area contributed by atoms with Crippen LogP contribution >= 0.6 is 23.2 Å². The molecule has 3 N–H and O–H groups in total. The van der Waals surface area contributed by atoms with Gasteiger partial charge in [0.05, 0.1) is 10.7 Å². The van der Waals surface area contributed by atoms with Gasteiger partial charge in [-0.1, -0.05) is 23.2 Å². The molecular formula is C11H12Cl2N2O. The van der Waals surface area contributed by atoms with Crippen molar-refractivity contribution in [3.8, 4) is 0 Å². The first-order valence-corrected chi connectivity index (χ1v) is 5.83. The van der Waals surface area contributed by atoms with Crippen LogP contribution in [0.4, 0.5) is 5.69 Å². The highest BCUT2D eigenvalue weighted by atomic mass is 35.5. The zero-order chi connectivity index (χ0) is 11.7. The van der Waals surface area contributed by atoms with Gasteiger partial charge in [-0.2, -0.15) is 0 Å². The Labute approximate surface area is 104 Å². The van der Waals surface area contributed by atoms with Gasteiger partial charge in [0.25, 0.3) is 0 Å². The van der Waals surface area contributed by atoms with Crippen LogP contribution in [0.5, 0.6) is 0 Å². The minimum Gasteiger partial charge on any atom is -0.328 e. The summed E-state index contributed by atoms with van der Waals surface area (Å²) < 4.78 is 0. The zero-order valence-electron chi connectivity index (χ0n) is 8.54. The average Bonchev–Trinajstić information content (AvgIpc) is 2.19. The Bertz CT molecular complexity index is 416. The topological polar surface area (TPSA) is 55.1 Å². The number of amides is 1. The third-order valence-corrected chi connectivity index (χ3v) is 3.30. The van der Waals surface area contributed by atoms with Gasteiger partial charge < -0.3 is 11.1 Å². The Morgan fingerprint density at radius 3 is 2.69 bits per heavy atom. The first-order chi connectivity index (χ1) is 7.56. The van der Waals surface area contributed by atoms with Gasteiger partial charge in [0, 0.05) is 17.0 Å². The van der Waals surface area contributed by atoms with E-state index in [1.807, 2.05) is 0 Å². The summed E-state index contributed by atoms with van der Waals surface area (Å²) in [4.78, 5) is 11.7. The van der Waals surface area contributed by atoms with Gasteiger partial charge in [-0.05, 0) is 31.0 Å². The molecule has 1 saturated carbocycles. The third kappa shape index (κ3) is 2.48. The van der Waals surface area contributed by atoms with Crippen molar-refractivity contribution < 1.29 is 4.79 Å². The van der Waals surface area contributed by atoms with E-state index in [-0.39, 0.29) is 17.9 Å². The number of benzene rings is 1. The molecule has 0 aliphatic heterocycles. The SMILES string of the molecule is NC1CC(C(=O)Nc2cc(Cl)ccc2Cl)C1. The summed E-state index contributed by atoms with van der Waals surface area (Å²) in [6.07, 6.45) is 1.48. The van der Waals surface area contributed by atoms with Gasteiger partial charge >= 0.3 is 0 Å². The molecule has 1 fully saturated rings. The van der Waals surface area contributed by atoms with Crippen molar-refractivity contribution in [2.75, 3.05) is 5.32 Å². The molecule has 3 nitrogen and oxygen atoms in total. The van der Waals surface area contributed by atoms with E-state index in [1.54, 1.807) is 18.2 Å². The summed E-state index contributed by atoms with van der Waals surface area (Å²) in [6, 6.07) is 5.14. The Kier molecular flexibility index (Phi) is 3.38. The van der Waals surface area contributed by atoms with Gasteiger partial charge in [0.1, 0.15) is 0 Å². The van der Waals surface area contributed by atoms with Crippen LogP contribution in [0.1, 0.15) is 12.8 Å². The van der Waals surface area contributed by atoms with E-state index in [2.05, 4.69) is 5.32 Å². The lowest BCUT2D eigenvalue weighted by molar-refractivity contribution is -0.122. The molecule has 0 bridgehead atoms. The van der Waals surface area contributed by atoms with E-state index in [1.165, 1.54) is 0 Å². The molecule has 0 saturated heterocycles. The Morgan fingerprint density at radius 1 is 1.38 bits per heavy atom. The van der Waals surface area contributed by atoms with Crippen molar-refractivity contribution in [1.29, 1.82) is 0 Å². The number of nitrogens with two attached hydrogens (primary N) is 1. The first-order valence-electron chi connectivity index (χ1n) is 5.08. The number of carbonyl (C=O) groups excluding carboxylic acids is 1. The fraction of sp³-hybridized carbons (Fsp3) is 0.364. The van der Waals surface area contributed by atoms with Crippen LogP contribution in [-0.2, 0) is 4.79 Å². The molecule has 1 aromatic carbocycles. The van der Waals surface area contributed by atoms with E-state index >= 15 is 0 Å². The molecule has 0 unspecified atom stereocenters. The van der Waals surface area contributed by atoms with Gasteiger partial charge in [0.15, 0.2) is 0 Å². The lowest BCUT2D eigenvalue weighted by atomic mass is 9.80. The van der Waals surface area contributed by atoms with Crippen molar-refractivity contribution in [2.45, 2.75) is 18.9 Å². The fourth-order valence-corrected chi connectivity index (χ4v) is 2.04. The lowest BCUT2D eigenvalue weighted by Gasteiger charge is -2.31. The molecular weight excluding hydrogens is 247 g/mol. The van der Waals surface area contributed by atoms with Gasteiger partial charge in [0.2, 0.25) is 5.91 Å². The molecule has 0 spiro atoms. The molecule has 0 atom stereocenters. The Morgan fingerprint density at radius 2 is 2.06 bits per heavy atom. The third-order valence-electron chi connectivity index (χ3n) is 2.73. The van der Waals surface area contributed by atoms with Crippen molar-refractivity contribution >= 4 is 34.8 Å². The molecule has 1 aliphatic rings. The molecule has 86 valence electrons. The molecule has 1 aliphatic carbocycles. The smallest absolute Gasteiger partial charge is 0.227 e. The van der Waals surface area contributed by atoms with Crippen LogP contribution in [0.2, 0.25) is 10.0 Å². The minimum atomic E-state index is -0.0362. The number of carbonyl (C=O) groups is 1. The van der Waals surface area contributed by atoms with Crippen LogP contribution < -0.4 is 11.1 Å². The molecule has 5 heteroatoms. The van der Waals surface area contributed by atoms with Crippen molar-refractivity contribution in [3.63, 3.8) is 0 Å². The Hall–Kier alpha value is -0.770. The molecule has 1 aromatic rings. The summed E-state index contributed by atoms with van der Waals surface area (Å²) in [5, 5.41) is 3.80. The second-order valence-electron chi connectivity index (χ2n) is 4.04. The molecule has 16 heavy (non-hydrogen) atoms. The highest BCUT2D eigenvalue weighted by molar-refractivity contribution is 6.35. The average molecular weight is 259 g/mol. The fourth-order valence-electron chi connectivity index (χ4n) is 1.70. The lowest BCUT2D eigenvalue weighted by Crippen LogP contribution is -2.42. The second-order valence-corrected chi connectivity index (χ2v) is 4.89. The number of hydrogen-bond donors (Lipinski definition) is 2. The standard InChI is InChI=1S/C11H12Cl2N2O/c12-7-1-2-9(13)10(5-7)15-11(16)6-3-8(14)4-6/h1-2,5-6,8H,3-4,14H2,(H,15,16). The van der Waals surface area contributed by atoms with Gasteiger partial charge in [-0.25, -0.2) is 0 Å². The van der Waals surface area contributed by atoms with Crippen LogP contribution in [0.15, 0.2) is 18.2 Å². The number of rotatable bonds is 2. The first kappa shape index (κ1) is 11.7. The summed E-state index contributed by atoms with van der Waals surface area (Å²) in [6.45, 7) is 0. The maximum Gasteiger partial charge on any atom is 0.227 e. The van der Waals surface area contributed by atoms with Crippen molar-refractivity contribution in [3.05, 3.63) is 28.2 Å². The number of hydrogen-bond acceptors (Lipinski definition) is 2. The predicted molar refractivity (Wildman–Crippen MR) is 65.8 cm³/mol. The molecule has 0 heterocycles. The molecule has 1 amide bonds. The summed E-state index contributed by atoms with van der Waals surface area (Å²) >= 11 is 11.8. The number of halogens is 2. The van der Waals surface area contributed by atoms with Gasteiger partial charge in [-0.15, -0.1) is 0 Å². The largest absolute Gasteiger partial charge is 0.328 e. The second kappa shape index (κ2) is 4.62. The monoisotopic (exact) mass is 258 g/mol. The molecule has 0 aromatic heterocycles. The highest BCUT2D eigenvalue weighted by Crippen LogP contribution is 2.30. The predicted octanol–water partition coefficient (Wildman–Crippen LogP) is 2.67. The number of nitrogens with one attached hydrogen (secondary N) is 1. The summed E-state index contributed by atoms with van der Waals surface area (Å²) in [7, 11) is 0. The van der Waals surface area contributed by atoms with E-state index in [0.717, 1.165) is 12.8 Å². The maximum absolute atomic E-state index is 11.7. The zero-order valence-corrected chi connectivity index (χ0v) is 10.1. The van der Waals surface area contributed by atoms with E-state index in [9.17, 15) is 4.79 Å². The summed E-state index contributed by atoms with van der Waals surface area (Å²) in [5.41, 5.74) is 6.18. The normalized spacial score (nSPS) is 23.7. The highest BCUT2D eigenvalue weighted by Gasteiger charge is 2.32. The van der Waals surface area contributed by atoms with E-state index in [4.69, 9.17) is 28.9 Å². The van der Waals surface area contributed by atoms with E-state index < -0.39 is 0 Å². The molecule has 0 radical (unpaired) electrons. The van der Waals surface area contributed by atoms with Crippen LogP contribution in [0, 0.1) is 5.92 Å². The minimum absolute atomic E-state index is 0.00467. The van der Waals surface area contributed by atoms with Crippen LogP contribution in [0.3, 0.4) is 0 Å². The maximum atomic E-state index is 11.7. The van der Waals surface area contributed by atoms with Gasteiger partial charge in [-0.3, -0.25) is 4.79 Å². The quantitative estimate of drug-likeness (QED) is 0.857.